The maximum atomic E-state index is 8.84. The molecule has 0 unspecified atom stereocenters. The molecule has 0 saturated heterocycles. The number of phenols is 1. The molecule has 50 valence electrons. The zero-order valence-corrected chi connectivity index (χ0v) is 5.33. The van der Waals surface area contributed by atoms with Crippen LogP contribution >= 0.6 is 0 Å². The van der Waals surface area contributed by atoms with E-state index < -0.39 is 0 Å². The van der Waals surface area contributed by atoms with E-state index in [1.165, 1.54) is 6.08 Å². The van der Waals surface area contributed by atoms with E-state index in [0.29, 0.717) is 0 Å². The van der Waals surface area contributed by atoms with Crippen LogP contribution in [0.2, 0.25) is 0 Å². The van der Waals surface area contributed by atoms with Gasteiger partial charge in [0.15, 0.2) is 0 Å². The third-order valence-electron chi connectivity index (χ3n) is 1.13. The van der Waals surface area contributed by atoms with Crippen molar-refractivity contribution in [2.75, 3.05) is 0 Å². The van der Waals surface area contributed by atoms with Gasteiger partial charge in [0.2, 0.25) is 0 Å². The molecule has 0 heterocycles. The van der Waals surface area contributed by atoms with Gasteiger partial charge in [-0.15, -0.1) is 0 Å². The first-order chi connectivity index (χ1) is 4.83. The lowest BCUT2D eigenvalue weighted by molar-refractivity contribution is 0.475. The van der Waals surface area contributed by atoms with Gasteiger partial charge in [0.05, 0.1) is 0 Å². The van der Waals surface area contributed by atoms with Crippen molar-refractivity contribution < 1.29 is 5.11 Å². The van der Waals surface area contributed by atoms with Crippen molar-refractivity contribution in [3.63, 3.8) is 0 Å². The maximum absolute atomic E-state index is 8.84. The molecule has 0 amide bonds. The van der Waals surface area contributed by atoms with Crippen LogP contribution in [-0.2, 0) is 0 Å². The van der Waals surface area contributed by atoms with Crippen molar-refractivity contribution in [3.8, 4) is 5.75 Å². The Bertz CT molecular complexity index is 257. The standard InChI is InChI=1S/C8H7NO/c9-6-5-7-1-3-8(10)4-2-7/h1-5,9-10H. The third kappa shape index (κ3) is 1.47. The minimum Gasteiger partial charge on any atom is -0.508 e. The van der Waals surface area contributed by atoms with Crippen molar-refractivity contribution in [2.45, 2.75) is 0 Å². The lowest BCUT2D eigenvalue weighted by Crippen LogP contribution is -1.68. The van der Waals surface area contributed by atoms with E-state index in [9.17, 15) is 0 Å². The van der Waals surface area contributed by atoms with E-state index in [4.69, 9.17) is 10.5 Å². The quantitative estimate of drug-likeness (QED) is 0.562. The van der Waals surface area contributed by atoms with Gasteiger partial charge in [0.1, 0.15) is 5.75 Å². The lowest BCUT2D eigenvalue weighted by atomic mass is 10.2. The van der Waals surface area contributed by atoms with Crippen molar-refractivity contribution in [2.24, 2.45) is 0 Å². The first-order valence-electron chi connectivity index (χ1n) is 2.87. The Labute approximate surface area is 59.0 Å². The normalized spacial score (nSPS) is 8.40. The Morgan fingerprint density at radius 1 is 1.30 bits per heavy atom. The molecular weight excluding hydrogens is 126 g/mol. The second-order valence-electron chi connectivity index (χ2n) is 1.88. The highest BCUT2D eigenvalue weighted by molar-refractivity contribution is 5.75. The Hall–Kier alpha value is -1.53. The molecule has 0 aliphatic heterocycles. The molecular formula is C8H7NO. The summed E-state index contributed by atoms with van der Waals surface area (Å²) in [6, 6.07) is 6.58. The fraction of sp³-hybridized carbons (Fsp3) is 0. The molecule has 1 rings (SSSR count). The number of nitrogens with one attached hydrogen (secondary N) is 1. The molecule has 0 saturated carbocycles. The number of benzene rings is 1. The Kier molecular flexibility index (Phi) is 1.88. The first-order valence-corrected chi connectivity index (χ1v) is 2.87. The summed E-state index contributed by atoms with van der Waals surface area (Å²) in [5.74, 6) is 2.38. The Morgan fingerprint density at radius 2 is 1.90 bits per heavy atom. The van der Waals surface area contributed by atoms with Gasteiger partial charge in [-0.1, -0.05) is 12.1 Å². The number of aromatic hydroxyl groups is 1. The van der Waals surface area contributed by atoms with Crippen LogP contribution in [0.5, 0.6) is 5.75 Å². The summed E-state index contributed by atoms with van der Waals surface area (Å²) in [6.45, 7) is 0. The minimum absolute atomic E-state index is 0.238. The van der Waals surface area contributed by atoms with Crippen molar-refractivity contribution in [3.05, 3.63) is 29.8 Å². The van der Waals surface area contributed by atoms with Gasteiger partial charge in [-0.3, -0.25) is 5.41 Å². The van der Waals surface area contributed by atoms with Gasteiger partial charge in [0.25, 0.3) is 0 Å². The SMILES string of the molecule is N=C=Cc1ccc(O)cc1. The summed E-state index contributed by atoms with van der Waals surface area (Å²) in [5, 5.41) is 15.5. The summed E-state index contributed by atoms with van der Waals surface area (Å²) in [7, 11) is 0. The minimum atomic E-state index is 0.238. The highest BCUT2D eigenvalue weighted by Gasteiger charge is 1.85. The molecule has 2 N–H and O–H groups in total. The van der Waals surface area contributed by atoms with Crippen LogP contribution in [0.25, 0.3) is 6.08 Å². The van der Waals surface area contributed by atoms with E-state index in [1.54, 1.807) is 24.3 Å². The maximum Gasteiger partial charge on any atom is 0.115 e. The average molecular weight is 133 g/mol. The number of phenolic OH excluding ortho intramolecular Hbond substituents is 1. The highest BCUT2D eigenvalue weighted by atomic mass is 16.3. The predicted molar refractivity (Wildman–Crippen MR) is 40.3 cm³/mol. The van der Waals surface area contributed by atoms with Crippen molar-refractivity contribution >= 4 is 11.9 Å². The van der Waals surface area contributed by atoms with Crippen LogP contribution in [0.1, 0.15) is 5.56 Å². The molecule has 1 aromatic carbocycles. The molecule has 2 nitrogen and oxygen atoms in total. The van der Waals surface area contributed by atoms with Gasteiger partial charge in [-0.25, -0.2) is 0 Å². The molecule has 0 atom stereocenters. The van der Waals surface area contributed by atoms with Gasteiger partial charge in [-0.2, -0.15) is 0 Å². The van der Waals surface area contributed by atoms with E-state index in [-0.39, 0.29) is 5.75 Å². The Balaban J connectivity index is 3.00. The second kappa shape index (κ2) is 2.85. The van der Waals surface area contributed by atoms with E-state index in [1.807, 2.05) is 0 Å². The number of hydrogen-bond acceptors (Lipinski definition) is 2. The summed E-state index contributed by atoms with van der Waals surface area (Å²) in [5.41, 5.74) is 0.868. The van der Waals surface area contributed by atoms with E-state index in [2.05, 4.69) is 5.87 Å². The molecule has 1 aromatic rings. The number of rotatable bonds is 1. The Morgan fingerprint density at radius 3 is 2.40 bits per heavy atom. The molecule has 0 aromatic heterocycles. The van der Waals surface area contributed by atoms with Crippen LogP contribution in [0.15, 0.2) is 24.3 Å². The fourth-order valence-corrected chi connectivity index (χ4v) is 0.654. The fourth-order valence-electron chi connectivity index (χ4n) is 0.654. The summed E-state index contributed by atoms with van der Waals surface area (Å²) in [4.78, 5) is 0. The smallest absolute Gasteiger partial charge is 0.115 e. The van der Waals surface area contributed by atoms with Gasteiger partial charge in [-0.05, 0) is 23.6 Å². The van der Waals surface area contributed by atoms with E-state index in [0.717, 1.165) is 5.56 Å². The van der Waals surface area contributed by atoms with Crippen LogP contribution in [0.4, 0.5) is 0 Å². The van der Waals surface area contributed by atoms with Crippen LogP contribution in [0.3, 0.4) is 0 Å². The molecule has 0 spiro atoms. The van der Waals surface area contributed by atoms with Crippen LogP contribution in [-0.4, -0.2) is 11.0 Å². The molecule has 2 heteroatoms. The topological polar surface area (TPSA) is 44.1 Å². The van der Waals surface area contributed by atoms with E-state index >= 15 is 0 Å². The van der Waals surface area contributed by atoms with Crippen molar-refractivity contribution in [1.82, 2.24) is 0 Å². The zero-order valence-electron chi connectivity index (χ0n) is 5.33. The van der Waals surface area contributed by atoms with Crippen LogP contribution in [0, 0.1) is 5.41 Å². The highest BCUT2D eigenvalue weighted by Crippen LogP contribution is 2.09. The third-order valence-corrected chi connectivity index (χ3v) is 1.13. The number of hydrogen-bond donors (Lipinski definition) is 2. The largest absolute Gasteiger partial charge is 0.508 e. The summed E-state index contributed by atoms with van der Waals surface area (Å²) in [6.07, 6.45) is 1.53. The molecule has 0 aliphatic carbocycles. The van der Waals surface area contributed by atoms with Crippen molar-refractivity contribution in [1.29, 1.82) is 5.41 Å². The first kappa shape index (κ1) is 6.59. The molecule has 0 radical (unpaired) electrons. The molecule has 0 aliphatic rings. The lowest BCUT2D eigenvalue weighted by Gasteiger charge is -1.90. The molecule has 0 fully saturated rings. The zero-order chi connectivity index (χ0) is 7.40. The summed E-state index contributed by atoms with van der Waals surface area (Å²) < 4.78 is 0. The molecule has 0 bridgehead atoms. The van der Waals surface area contributed by atoms with Gasteiger partial charge >= 0.3 is 0 Å². The predicted octanol–water partition coefficient (Wildman–Crippen LogP) is 1.65. The second-order valence-corrected chi connectivity index (χ2v) is 1.88. The average Bonchev–Trinajstić information content (AvgIpc) is 1.95. The molecule has 10 heavy (non-hydrogen) atoms. The van der Waals surface area contributed by atoms with Gasteiger partial charge in [0, 0.05) is 6.08 Å². The summed E-state index contributed by atoms with van der Waals surface area (Å²) >= 11 is 0. The monoisotopic (exact) mass is 133 g/mol. The van der Waals surface area contributed by atoms with Gasteiger partial charge < -0.3 is 5.11 Å². The van der Waals surface area contributed by atoms with Crippen LogP contribution < -0.4 is 0 Å².